The molecule has 1 fully saturated rings. The Hall–Kier alpha value is -1.87. The molecule has 0 saturated carbocycles. The predicted octanol–water partition coefficient (Wildman–Crippen LogP) is 3.01. The quantitative estimate of drug-likeness (QED) is 0.654. The van der Waals surface area contributed by atoms with Crippen LogP contribution >= 0.6 is 11.8 Å². The van der Waals surface area contributed by atoms with Crippen LogP contribution in [-0.2, 0) is 21.3 Å². The number of carbonyl (C=O) groups excluding carboxylic acids is 1. The van der Waals surface area contributed by atoms with Gasteiger partial charge in [0.05, 0.1) is 23.7 Å². The van der Waals surface area contributed by atoms with Crippen molar-refractivity contribution in [1.29, 1.82) is 0 Å². The molecule has 1 heterocycles. The molecule has 1 aliphatic heterocycles. The number of benzene rings is 2. The molecule has 0 aliphatic carbocycles. The average Bonchev–Trinajstić information content (AvgIpc) is 2.73. The maximum atomic E-state index is 13.1. The van der Waals surface area contributed by atoms with E-state index < -0.39 is 10.0 Å². The van der Waals surface area contributed by atoms with Crippen LogP contribution in [0.3, 0.4) is 0 Å². The van der Waals surface area contributed by atoms with Crippen molar-refractivity contribution in [2.45, 2.75) is 23.3 Å². The Morgan fingerprint density at radius 3 is 2.55 bits per heavy atom. The van der Waals surface area contributed by atoms with Gasteiger partial charge in [-0.3, -0.25) is 4.79 Å². The van der Waals surface area contributed by atoms with Crippen molar-refractivity contribution in [3.05, 3.63) is 59.2 Å². The van der Waals surface area contributed by atoms with E-state index in [-0.39, 0.29) is 17.3 Å². The Kier molecular flexibility index (Phi) is 7.00. The molecule has 1 amide bonds. The fourth-order valence-corrected chi connectivity index (χ4v) is 5.04. The first kappa shape index (κ1) is 21.8. The van der Waals surface area contributed by atoms with Crippen molar-refractivity contribution >= 4 is 27.7 Å². The molecule has 0 aromatic heterocycles. The zero-order valence-corrected chi connectivity index (χ0v) is 18.6. The molecule has 1 aliphatic rings. The molecule has 0 bridgehead atoms. The second-order valence-electron chi connectivity index (χ2n) is 7.02. The molecule has 2 aromatic carbocycles. The summed E-state index contributed by atoms with van der Waals surface area (Å²) >= 11 is 1.43. The standard InChI is InChI=1S/C21H26N2O4S2/c1-16-5-4-6-17(13-16)15-22(2)29(25,26)18-7-8-20(28-3)19(14-18)21(24)23-9-11-27-12-10-23/h4-8,13-14H,9-12,15H2,1-3H3. The van der Waals surface area contributed by atoms with Crippen LogP contribution in [0.2, 0.25) is 0 Å². The maximum absolute atomic E-state index is 13.1. The second-order valence-corrected chi connectivity index (χ2v) is 9.91. The highest BCUT2D eigenvalue weighted by atomic mass is 32.2. The van der Waals surface area contributed by atoms with Crippen molar-refractivity contribution in [2.24, 2.45) is 0 Å². The van der Waals surface area contributed by atoms with E-state index in [1.807, 2.05) is 37.4 Å². The van der Waals surface area contributed by atoms with Crippen LogP contribution in [0.25, 0.3) is 0 Å². The highest BCUT2D eigenvalue weighted by molar-refractivity contribution is 7.98. The minimum absolute atomic E-state index is 0.127. The molecule has 0 spiro atoms. The molecular formula is C21H26N2O4S2. The summed E-state index contributed by atoms with van der Waals surface area (Å²) in [4.78, 5) is 15.6. The predicted molar refractivity (Wildman–Crippen MR) is 115 cm³/mol. The first-order chi connectivity index (χ1) is 13.8. The number of aryl methyl sites for hydroxylation is 1. The zero-order chi connectivity index (χ0) is 21.0. The van der Waals surface area contributed by atoms with Crippen LogP contribution in [-0.4, -0.2) is 63.1 Å². The van der Waals surface area contributed by atoms with Gasteiger partial charge in [-0.15, -0.1) is 11.8 Å². The van der Waals surface area contributed by atoms with Crippen molar-refractivity contribution < 1.29 is 17.9 Å². The molecular weight excluding hydrogens is 408 g/mol. The minimum atomic E-state index is -3.73. The van der Waals surface area contributed by atoms with Crippen LogP contribution in [0.4, 0.5) is 0 Å². The summed E-state index contributed by atoms with van der Waals surface area (Å²) < 4.78 is 32.9. The normalized spacial score (nSPS) is 15.0. The third kappa shape index (κ3) is 5.01. The van der Waals surface area contributed by atoms with Crippen LogP contribution in [0, 0.1) is 6.92 Å². The van der Waals surface area contributed by atoms with Gasteiger partial charge in [0.2, 0.25) is 10.0 Å². The molecule has 2 aromatic rings. The topological polar surface area (TPSA) is 66.9 Å². The number of hydrogen-bond acceptors (Lipinski definition) is 5. The van der Waals surface area contributed by atoms with Gasteiger partial charge in [-0.1, -0.05) is 29.8 Å². The van der Waals surface area contributed by atoms with E-state index in [2.05, 4.69) is 0 Å². The third-order valence-corrected chi connectivity index (χ3v) is 7.49. The van der Waals surface area contributed by atoms with Crippen LogP contribution in [0.1, 0.15) is 21.5 Å². The zero-order valence-electron chi connectivity index (χ0n) is 16.9. The summed E-state index contributed by atoms with van der Waals surface area (Å²) in [5.74, 6) is -0.156. The number of sulfonamides is 1. The largest absolute Gasteiger partial charge is 0.378 e. The maximum Gasteiger partial charge on any atom is 0.255 e. The lowest BCUT2D eigenvalue weighted by Crippen LogP contribution is -2.41. The molecule has 8 heteroatoms. The Labute approximate surface area is 176 Å². The Bertz CT molecular complexity index is 986. The Morgan fingerprint density at radius 1 is 1.17 bits per heavy atom. The Morgan fingerprint density at radius 2 is 1.90 bits per heavy atom. The third-order valence-electron chi connectivity index (χ3n) is 4.90. The number of carbonyl (C=O) groups is 1. The second kappa shape index (κ2) is 9.30. The van der Waals surface area contributed by atoms with Crippen molar-refractivity contribution in [2.75, 3.05) is 39.6 Å². The first-order valence-corrected chi connectivity index (χ1v) is 12.1. The minimum Gasteiger partial charge on any atom is -0.378 e. The average molecular weight is 435 g/mol. The van der Waals surface area contributed by atoms with Gasteiger partial charge in [0.1, 0.15) is 0 Å². The number of nitrogens with zero attached hydrogens (tertiary/aromatic N) is 2. The molecule has 6 nitrogen and oxygen atoms in total. The fraction of sp³-hybridized carbons (Fsp3) is 0.381. The number of amides is 1. The molecule has 0 radical (unpaired) electrons. The molecule has 0 unspecified atom stereocenters. The van der Waals surface area contributed by atoms with E-state index in [1.54, 1.807) is 24.1 Å². The van der Waals surface area contributed by atoms with E-state index >= 15 is 0 Å². The summed E-state index contributed by atoms with van der Waals surface area (Å²) in [7, 11) is -2.17. The number of hydrogen-bond donors (Lipinski definition) is 0. The van der Waals surface area contributed by atoms with Gasteiger partial charge >= 0.3 is 0 Å². The number of thioether (sulfide) groups is 1. The van der Waals surface area contributed by atoms with Gasteiger partial charge in [0.15, 0.2) is 0 Å². The van der Waals surface area contributed by atoms with E-state index in [1.165, 1.54) is 22.1 Å². The highest BCUT2D eigenvalue weighted by Crippen LogP contribution is 2.27. The summed E-state index contributed by atoms with van der Waals surface area (Å²) in [6.45, 7) is 4.26. The van der Waals surface area contributed by atoms with Gasteiger partial charge in [0, 0.05) is 31.6 Å². The molecule has 0 N–H and O–H groups in total. The molecule has 3 rings (SSSR count). The van der Waals surface area contributed by atoms with Gasteiger partial charge in [-0.2, -0.15) is 4.31 Å². The SMILES string of the molecule is CSc1ccc(S(=O)(=O)N(C)Cc2cccc(C)c2)cc1C(=O)N1CCOCC1. The van der Waals surface area contributed by atoms with Crippen molar-refractivity contribution in [1.82, 2.24) is 9.21 Å². The van der Waals surface area contributed by atoms with E-state index in [0.717, 1.165) is 16.0 Å². The lowest BCUT2D eigenvalue weighted by Gasteiger charge is -2.27. The molecule has 0 atom stereocenters. The number of morpholine rings is 1. The summed E-state index contributed by atoms with van der Waals surface area (Å²) in [5.41, 5.74) is 2.42. The summed E-state index contributed by atoms with van der Waals surface area (Å²) in [6.07, 6.45) is 1.88. The van der Waals surface area contributed by atoms with Crippen LogP contribution in [0.5, 0.6) is 0 Å². The molecule has 1 saturated heterocycles. The van der Waals surface area contributed by atoms with Crippen LogP contribution in [0.15, 0.2) is 52.3 Å². The highest BCUT2D eigenvalue weighted by Gasteiger charge is 2.26. The number of rotatable bonds is 6. The van der Waals surface area contributed by atoms with E-state index in [0.29, 0.717) is 31.9 Å². The van der Waals surface area contributed by atoms with Crippen molar-refractivity contribution in [3.8, 4) is 0 Å². The molecule has 156 valence electrons. The summed E-state index contributed by atoms with van der Waals surface area (Å²) in [5, 5.41) is 0. The number of ether oxygens (including phenoxy) is 1. The van der Waals surface area contributed by atoms with Gasteiger partial charge < -0.3 is 9.64 Å². The van der Waals surface area contributed by atoms with Gasteiger partial charge in [-0.05, 0) is 36.9 Å². The monoisotopic (exact) mass is 434 g/mol. The van der Waals surface area contributed by atoms with E-state index in [4.69, 9.17) is 4.74 Å². The van der Waals surface area contributed by atoms with Crippen molar-refractivity contribution in [3.63, 3.8) is 0 Å². The van der Waals surface area contributed by atoms with Gasteiger partial charge in [0.25, 0.3) is 5.91 Å². The smallest absolute Gasteiger partial charge is 0.255 e. The van der Waals surface area contributed by atoms with Crippen LogP contribution < -0.4 is 0 Å². The van der Waals surface area contributed by atoms with E-state index in [9.17, 15) is 13.2 Å². The molecule has 29 heavy (non-hydrogen) atoms. The lowest BCUT2D eigenvalue weighted by molar-refractivity contribution is 0.0300. The fourth-order valence-electron chi connectivity index (χ4n) is 3.28. The summed E-state index contributed by atoms with van der Waals surface area (Å²) in [6, 6.07) is 12.6. The Balaban J connectivity index is 1.89. The lowest BCUT2D eigenvalue weighted by atomic mass is 10.1. The van der Waals surface area contributed by atoms with Gasteiger partial charge in [-0.25, -0.2) is 8.42 Å². The first-order valence-electron chi connectivity index (χ1n) is 9.40.